The van der Waals surface area contributed by atoms with E-state index < -0.39 is 0 Å². The molecule has 0 saturated carbocycles. The molecule has 0 aromatic carbocycles. The lowest BCUT2D eigenvalue weighted by molar-refractivity contribution is 0.0935. The monoisotopic (exact) mass is 299 g/mol. The number of amides is 1. The number of anilines is 1. The Morgan fingerprint density at radius 3 is 2.89 bits per heavy atom. The van der Waals surface area contributed by atoms with Gasteiger partial charge in [0.05, 0.1) is 0 Å². The second-order valence-corrected chi connectivity index (χ2v) is 6.07. The summed E-state index contributed by atoms with van der Waals surface area (Å²) < 4.78 is 0. The Labute approximate surface area is 122 Å². The van der Waals surface area contributed by atoms with Crippen LogP contribution < -0.4 is 10.6 Å². The zero-order chi connectivity index (χ0) is 13.7. The van der Waals surface area contributed by atoms with E-state index in [9.17, 15) is 4.79 Å². The van der Waals surface area contributed by atoms with Crippen LogP contribution in [-0.2, 0) is 0 Å². The summed E-state index contributed by atoms with van der Waals surface area (Å²) >= 11 is 7.88. The van der Waals surface area contributed by atoms with Crippen molar-refractivity contribution in [2.75, 3.05) is 23.4 Å². The third kappa shape index (κ3) is 4.28. The Morgan fingerprint density at radius 1 is 1.47 bits per heavy atom. The van der Waals surface area contributed by atoms with Crippen LogP contribution in [-0.4, -0.2) is 35.0 Å². The molecule has 1 saturated heterocycles. The predicted octanol–water partition coefficient (Wildman–Crippen LogP) is 2.79. The molecule has 0 atom stereocenters. The summed E-state index contributed by atoms with van der Waals surface area (Å²) in [4.78, 5) is 16.3. The number of pyridine rings is 1. The first-order chi connectivity index (χ1) is 9.19. The molecule has 2 heterocycles. The van der Waals surface area contributed by atoms with Gasteiger partial charge in [-0.05, 0) is 43.4 Å². The lowest BCUT2D eigenvalue weighted by Gasteiger charge is -2.22. The Kier molecular flexibility index (Phi) is 5.34. The van der Waals surface area contributed by atoms with E-state index in [0.29, 0.717) is 16.5 Å². The van der Waals surface area contributed by atoms with Gasteiger partial charge in [-0.25, -0.2) is 4.98 Å². The van der Waals surface area contributed by atoms with E-state index in [0.717, 1.165) is 30.9 Å². The molecular formula is C13H18ClN3OS. The molecule has 6 heteroatoms. The van der Waals surface area contributed by atoms with Crippen molar-refractivity contribution in [3.63, 3.8) is 0 Å². The van der Waals surface area contributed by atoms with Crippen LogP contribution in [0.25, 0.3) is 0 Å². The predicted molar refractivity (Wildman–Crippen MR) is 81.2 cm³/mol. The first-order valence-electron chi connectivity index (χ1n) is 6.49. The Morgan fingerprint density at radius 2 is 2.21 bits per heavy atom. The minimum Gasteiger partial charge on any atom is -0.370 e. The van der Waals surface area contributed by atoms with Gasteiger partial charge in [0.1, 0.15) is 11.0 Å². The zero-order valence-electron chi connectivity index (χ0n) is 10.9. The Balaban J connectivity index is 2.05. The SMILES string of the molecule is CCNc1cc(C(=O)NC2CCSCC2)cc(Cl)n1. The topological polar surface area (TPSA) is 54.0 Å². The fraction of sp³-hybridized carbons (Fsp3) is 0.538. The smallest absolute Gasteiger partial charge is 0.251 e. The molecule has 0 radical (unpaired) electrons. The highest BCUT2D eigenvalue weighted by atomic mass is 35.5. The van der Waals surface area contributed by atoms with Gasteiger partial charge in [0.2, 0.25) is 0 Å². The summed E-state index contributed by atoms with van der Waals surface area (Å²) in [5.74, 6) is 2.80. The van der Waals surface area contributed by atoms with Crippen LogP contribution >= 0.6 is 23.4 Å². The summed E-state index contributed by atoms with van der Waals surface area (Å²) in [6, 6.07) is 3.63. The van der Waals surface area contributed by atoms with Crippen molar-refractivity contribution in [3.05, 3.63) is 22.8 Å². The molecule has 1 amide bonds. The number of nitrogens with one attached hydrogen (secondary N) is 2. The molecule has 4 nitrogen and oxygen atoms in total. The standard InChI is InChI=1S/C13H18ClN3OS/c1-2-15-12-8-9(7-11(14)17-12)13(18)16-10-3-5-19-6-4-10/h7-8,10H,2-6H2,1H3,(H,15,17)(H,16,18). The van der Waals surface area contributed by atoms with Crippen LogP contribution in [0.4, 0.5) is 5.82 Å². The molecule has 2 N–H and O–H groups in total. The fourth-order valence-corrected chi connectivity index (χ4v) is 3.33. The number of hydrogen-bond donors (Lipinski definition) is 2. The molecular weight excluding hydrogens is 282 g/mol. The molecule has 0 spiro atoms. The van der Waals surface area contributed by atoms with E-state index in [2.05, 4.69) is 15.6 Å². The van der Waals surface area contributed by atoms with Gasteiger partial charge in [0, 0.05) is 18.2 Å². The number of aromatic nitrogens is 1. The summed E-state index contributed by atoms with van der Waals surface area (Å²) in [5.41, 5.74) is 0.564. The maximum atomic E-state index is 12.2. The molecule has 0 aliphatic carbocycles. The van der Waals surface area contributed by atoms with Crippen molar-refractivity contribution in [2.24, 2.45) is 0 Å². The average Bonchev–Trinajstić information content (AvgIpc) is 2.39. The molecule has 104 valence electrons. The molecule has 1 aliphatic heterocycles. The van der Waals surface area contributed by atoms with Crippen molar-refractivity contribution in [1.29, 1.82) is 0 Å². The van der Waals surface area contributed by atoms with Crippen LogP contribution in [0.3, 0.4) is 0 Å². The third-order valence-electron chi connectivity index (χ3n) is 2.97. The van der Waals surface area contributed by atoms with Crippen LogP contribution in [0.5, 0.6) is 0 Å². The number of halogens is 1. The first-order valence-corrected chi connectivity index (χ1v) is 8.02. The molecule has 0 unspecified atom stereocenters. The molecule has 19 heavy (non-hydrogen) atoms. The largest absolute Gasteiger partial charge is 0.370 e. The summed E-state index contributed by atoms with van der Waals surface area (Å²) in [5, 5.41) is 6.47. The van der Waals surface area contributed by atoms with Crippen molar-refractivity contribution < 1.29 is 4.79 Å². The minimum atomic E-state index is -0.0691. The van der Waals surface area contributed by atoms with Crippen molar-refractivity contribution in [1.82, 2.24) is 10.3 Å². The van der Waals surface area contributed by atoms with Gasteiger partial charge in [0.25, 0.3) is 5.91 Å². The van der Waals surface area contributed by atoms with Crippen molar-refractivity contribution in [2.45, 2.75) is 25.8 Å². The van der Waals surface area contributed by atoms with Gasteiger partial charge >= 0.3 is 0 Å². The van der Waals surface area contributed by atoms with Crippen LogP contribution in [0.1, 0.15) is 30.1 Å². The summed E-state index contributed by atoms with van der Waals surface area (Å²) in [6.45, 7) is 2.72. The first kappa shape index (κ1) is 14.5. The number of nitrogens with zero attached hydrogens (tertiary/aromatic N) is 1. The fourth-order valence-electron chi connectivity index (χ4n) is 2.01. The van der Waals surface area contributed by atoms with Gasteiger partial charge in [0.15, 0.2) is 0 Å². The lowest BCUT2D eigenvalue weighted by Crippen LogP contribution is -2.37. The quantitative estimate of drug-likeness (QED) is 0.840. The molecule has 1 aromatic rings. The van der Waals surface area contributed by atoms with E-state index in [1.807, 2.05) is 18.7 Å². The zero-order valence-corrected chi connectivity index (χ0v) is 12.5. The van der Waals surface area contributed by atoms with Crippen LogP contribution in [0.15, 0.2) is 12.1 Å². The summed E-state index contributed by atoms with van der Waals surface area (Å²) in [6.07, 6.45) is 2.07. The highest BCUT2D eigenvalue weighted by molar-refractivity contribution is 7.99. The number of hydrogen-bond acceptors (Lipinski definition) is 4. The maximum Gasteiger partial charge on any atom is 0.251 e. The van der Waals surface area contributed by atoms with Gasteiger partial charge in [-0.2, -0.15) is 11.8 Å². The van der Waals surface area contributed by atoms with Crippen molar-refractivity contribution in [3.8, 4) is 0 Å². The van der Waals surface area contributed by atoms with Gasteiger partial charge in [-0.1, -0.05) is 11.6 Å². The van der Waals surface area contributed by atoms with Gasteiger partial charge in [-0.15, -0.1) is 0 Å². The molecule has 1 aromatic heterocycles. The molecule has 0 bridgehead atoms. The number of carbonyl (C=O) groups is 1. The minimum absolute atomic E-state index is 0.0691. The van der Waals surface area contributed by atoms with Crippen LogP contribution in [0, 0.1) is 0 Å². The normalized spacial score (nSPS) is 16.1. The number of carbonyl (C=O) groups excluding carboxylic acids is 1. The molecule has 1 fully saturated rings. The molecule has 1 aliphatic rings. The van der Waals surface area contributed by atoms with E-state index in [-0.39, 0.29) is 11.9 Å². The van der Waals surface area contributed by atoms with Gasteiger partial charge in [-0.3, -0.25) is 4.79 Å². The average molecular weight is 300 g/mol. The third-order valence-corrected chi connectivity index (χ3v) is 4.21. The van der Waals surface area contributed by atoms with E-state index >= 15 is 0 Å². The number of rotatable bonds is 4. The lowest BCUT2D eigenvalue weighted by atomic mass is 10.1. The highest BCUT2D eigenvalue weighted by Crippen LogP contribution is 2.18. The Bertz CT molecular complexity index is 450. The maximum absolute atomic E-state index is 12.2. The second-order valence-electron chi connectivity index (χ2n) is 4.45. The summed E-state index contributed by atoms with van der Waals surface area (Å²) in [7, 11) is 0. The van der Waals surface area contributed by atoms with Crippen molar-refractivity contribution >= 4 is 35.1 Å². The van der Waals surface area contributed by atoms with E-state index in [1.165, 1.54) is 0 Å². The molecule has 2 rings (SSSR count). The van der Waals surface area contributed by atoms with E-state index in [4.69, 9.17) is 11.6 Å². The van der Waals surface area contributed by atoms with Crippen LogP contribution in [0.2, 0.25) is 5.15 Å². The highest BCUT2D eigenvalue weighted by Gasteiger charge is 2.17. The Hall–Kier alpha value is -0.940. The second kappa shape index (κ2) is 7.01. The number of thioether (sulfide) groups is 1. The van der Waals surface area contributed by atoms with E-state index in [1.54, 1.807) is 12.1 Å². The van der Waals surface area contributed by atoms with Gasteiger partial charge < -0.3 is 10.6 Å².